The highest BCUT2D eigenvalue weighted by molar-refractivity contribution is 5.95. The second kappa shape index (κ2) is 4.67. The number of rotatable bonds is 2. The Kier molecular flexibility index (Phi) is 3.40. The molecule has 0 aromatic heterocycles. The maximum Gasteiger partial charge on any atom is 0.186 e. The number of nitrogens with zero attached hydrogens (tertiary/aromatic N) is 1. The third kappa shape index (κ3) is 2.45. The summed E-state index contributed by atoms with van der Waals surface area (Å²) in [7, 11) is 0. The summed E-state index contributed by atoms with van der Waals surface area (Å²) in [5.41, 5.74) is 5.59. The van der Waals surface area contributed by atoms with Gasteiger partial charge >= 0.3 is 0 Å². The van der Waals surface area contributed by atoms with Crippen molar-refractivity contribution in [3.05, 3.63) is 0 Å². The molecule has 5 unspecified atom stereocenters. The monoisotopic (exact) mass is 243 g/mol. The van der Waals surface area contributed by atoms with Gasteiger partial charge in [-0.05, 0) is 6.92 Å². The quantitative estimate of drug-likeness (QED) is 0.295. The van der Waals surface area contributed by atoms with Gasteiger partial charge in [-0.3, -0.25) is 20.8 Å². The van der Waals surface area contributed by atoms with E-state index in [0.29, 0.717) is 5.84 Å². The standard InChI is InChI=1S/C9H17N5O3/c1-3(15)6(16)4-2-11-5-7(12-4)13-9(10)14-8(5)17/h3-5,8-9,11,14-15,17H,2,10H2,1H3,(H,12,13). The Hall–Kier alpha value is -1.06. The molecular formula is C9H17N5O3. The van der Waals surface area contributed by atoms with Gasteiger partial charge in [-0.25, -0.2) is 0 Å². The van der Waals surface area contributed by atoms with Crippen LogP contribution in [0.1, 0.15) is 6.92 Å². The topological polar surface area (TPSA) is 132 Å². The molecule has 5 atom stereocenters. The molecule has 0 radical (unpaired) electrons. The molecule has 1 fully saturated rings. The number of aliphatic imine (C=N–C) groups is 1. The summed E-state index contributed by atoms with van der Waals surface area (Å²) in [6, 6.07) is -1.06. The van der Waals surface area contributed by atoms with Crippen LogP contribution < -0.4 is 21.7 Å². The zero-order valence-electron chi connectivity index (χ0n) is 9.42. The van der Waals surface area contributed by atoms with Crippen LogP contribution in [0, 0.1) is 0 Å². The van der Waals surface area contributed by atoms with Gasteiger partial charge < -0.3 is 20.8 Å². The fourth-order valence-corrected chi connectivity index (χ4v) is 1.94. The molecule has 2 aliphatic rings. The van der Waals surface area contributed by atoms with Gasteiger partial charge in [0.15, 0.2) is 5.78 Å². The lowest BCUT2D eigenvalue weighted by Gasteiger charge is -2.39. The molecule has 0 amide bonds. The fraction of sp³-hybridized carbons (Fsp3) is 0.778. The number of carbonyl (C=O) groups excluding carboxylic acids is 1. The smallest absolute Gasteiger partial charge is 0.186 e. The number of nitrogens with two attached hydrogens (primary N) is 1. The van der Waals surface area contributed by atoms with Gasteiger partial charge in [0, 0.05) is 6.54 Å². The van der Waals surface area contributed by atoms with E-state index in [1.807, 2.05) is 0 Å². The van der Waals surface area contributed by atoms with Crippen molar-refractivity contribution in [3.63, 3.8) is 0 Å². The van der Waals surface area contributed by atoms with Crippen LogP contribution in [-0.2, 0) is 4.79 Å². The second-order valence-corrected chi connectivity index (χ2v) is 4.23. The average molecular weight is 243 g/mol. The predicted molar refractivity (Wildman–Crippen MR) is 60.0 cm³/mol. The van der Waals surface area contributed by atoms with E-state index in [2.05, 4.69) is 20.9 Å². The molecule has 2 aliphatic heterocycles. The normalized spacial score (nSPS) is 38.7. The molecule has 17 heavy (non-hydrogen) atoms. The summed E-state index contributed by atoms with van der Waals surface area (Å²) >= 11 is 0. The first-order valence-corrected chi connectivity index (χ1v) is 5.48. The maximum atomic E-state index is 11.6. The number of aliphatic hydroxyl groups is 2. The minimum Gasteiger partial charge on any atom is -0.386 e. The van der Waals surface area contributed by atoms with E-state index in [1.54, 1.807) is 0 Å². The van der Waals surface area contributed by atoms with Crippen LogP contribution in [-0.4, -0.2) is 59.1 Å². The Balaban J connectivity index is 2.15. The highest BCUT2D eigenvalue weighted by Gasteiger charge is 2.37. The van der Waals surface area contributed by atoms with E-state index in [0.717, 1.165) is 0 Å². The summed E-state index contributed by atoms with van der Waals surface area (Å²) in [5, 5.41) is 27.4. The molecule has 8 heteroatoms. The molecule has 0 bridgehead atoms. The molecule has 7 N–H and O–H groups in total. The van der Waals surface area contributed by atoms with Crippen molar-refractivity contribution in [1.82, 2.24) is 16.0 Å². The Morgan fingerprint density at radius 2 is 2.35 bits per heavy atom. The minimum absolute atomic E-state index is 0.285. The van der Waals surface area contributed by atoms with E-state index in [1.165, 1.54) is 6.92 Å². The highest BCUT2D eigenvalue weighted by atomic mass is 16.3. The molecule has 2 heterocycles. The van der Waals surface area contributed by atoms with Crippen LogP contribution in [0.2, 0.25) is 0 Å². The number of Topliss-reactive ketones (excluding diaryl/α,β-unsaturated/α-hetero) is 1. The molecule has 0 aromatic rings. The third-order valence-corrected chi connectivity index (χ3v) is 2.83. The van der Waals surface area contributed by atoms with Crippen LogP contribution in [0.15, 0.2) is 4.99 Å². The summed E-state index contributed by atoms with van der Waals surface area (Å²) < 4.78 is 0. The molecule has 0 aromatic carbocycles. The van der Waals surface area contributed by atoms with Gasteiger partial charge in [-0.15, -0.1) is 0 Å². The van der Waals surface area contributed by atoms with Crippen molar-refractivity contribution < 1.29 is 15.0 Å². The van der Waals surface area contributed by atoms with Crippen molar-refractivity contribution >= 4 is 11.6 Å². The van der Waals surface area contributed by atoms with Crippen LogP contribution in [0.4, 0.5) is 0 Å². The van der Waals surface area contributed by atoms with Crippen molar-refractivity contribution in [2.45, 2.75) is 37.6 Å². The fourth-order valence-electron chi connectivity index (χ4n) is 1.94. The van der Waals surface area contributed by atoms with Crippen LogP contribution in [0.5, 0.6) is 0 Å². The van der Waals surface area contributed by atoms with Crippen molar-refractivity contribution in [1.29, 1.82) is 0 Å². The number of hydrogen-bond acceptors (Lipinski definition) is 8. The van der Waals surface area contributed by atoms with Crippen molar-refractivity contribution in [2.75, 3.05) is 6.54 Å². The molecule has 0 spiro atoms. The lowest BCUT2D eigenvalue weighted by atomic mass is 10.0. The number of aliphatic hydroxyl groups excluding tert-OH is 2. The number of nitrogens with one attached hydrogen (secondary N) is 3. The van der Waals surface area contributed by atoms with Gasteiger partial charge in [-0.2, -0.15) is 0 Å². The molecule has 1 saturated heterocycles. The van der Waals surface area contributed by atoms with Gasteiger partial charge in [0.1, 0.15) is 36.5 Å². The summed E-state index contributed by atoms with van der Waals surface area (Å²) in [5.74, 6) is 0.0841. The molecular weight excluding hydrogens is 226 g/mol. The zero-order chi connectivity index (χ0) is 12.6. The van der Waals surface area contributed by atoms with Gasteiger partial charge in [0.2, 0.25) is 0 Å². The minimum atomic E-state index is -1.05. The number of hydrogen-bond donors (Lipinski definition) is 6. The van der Waals surface area contributed by atoms with E-state index >= 15 is 0 Å². The van der Waals surface area contributed by atoms with Crippen LogP contribution >= 0.6 is 0 Å². The average Bonchev–Trinajstić information content (AvgIpc) is 2.26. The summed E-state index contributed by atoms with van der Waals surface area (Å²) in [4.78, 5) is 15.8. The molecule has 0 saturated carbocycles. The number of fused-ring (bicyclic) bond motifs is 1. The van der Waals surface area contributed by atoms with E-state index < -0.39 is 30.7 Å². The predicted octanol–water partition coefficient (Wildman–Crippen LogP) is -3.57. The van der Waals surface area contributed by atoms with Gasteiger partial charge in [0.05, 0.1) is 0 Å². The molecule has 8 nitrogen and oxygen atoms in total. The van der Waals surface area contributed by atoms with Crippen molar-refractivity contribution in [3.8, 4) is 0 Å². The molecule has 96 valence electrons. The SMILES string of the molecule is CC(O)C(=O)C1CNC2C(=N1)NC(N)NC2O. The number of carbonyl (C=O) groups is 1. The number of amidine groups is 1. The first-order valence-electron chi connectivity index (χ1n) is 5.48. The Morgan fingerprint density at radius 3 is 3.00 bits per heavy atom. The Labute approximate surface area is 98.3 Å². The third-order valence-electron chi connectivity index (χ3n) is 2.83. The summed E-state index contributed by atoms with van der Waals surface area (Å²) in [6.07, 6.45) is -2.52. The lowest BCUT2D eigenvalue weighted by Crippen LogP contribution is -2.72. The van der Waals surface area contributed by atoms with Crippen LogP contribution in [0.3, 0.4) is 0 Å². The maximum absolute atomic E-state index is 11.6. The van der Waals surface area contributed by atoms with Crippen molar-refractivity contribution in [2.24, 2.45) is 10.7 Å². The van der Waals surface area contributed by atoms with E-state index in [-0.39, 0.29) is 12.3 Å². The second-order valence-electron chi connectivity index (χ2n) is 4.23. The molecule has 0 aliphatic carbocycles. The largest absolute Gasteiger partial charge is 0.386 e. The first kappa shape index (κ1) is 12.4. The zero-order valence-corrected chi connectivity index (χ0v) is 9.42. The van der Waals surface area contributed by atoms with Gasteiger partial charge in [-0.1, -0.05) is 0 Å². The van der Waals surface area contributed by atoms with Crippen LogP contribution in [0.25, 0.3) is 0 Å². The van der Waals surface area contributed by atoms with E-state index in [4.69, 9.17) is 5.73 Å². The molecule has 2 rings (SSSR count). The number of ketones is 1. The van der Waals surface area contributed by atoms with E-state index in [9.17, 15) is 15.0 Å². The lowest BCUT2D eigenvalue weighted by molar-refractivity contribution is -0.127. The van der Waals surface area contributed by atoms with Gasteiger partial charge in [0.25, 0.3) is 0 Å². The first-order chi connectivity index (χ1) is 7.99. The Bertz CT molecular complexity index is 346. The summed E-state index contributed by atoms with van der Waals surface area (Å²) in [6.45, 7) is 1.69. The Morgan fingerprint density at radius 1 is 1.65 bits per heavy atom. The highest BCUT2D eigenvalue weighted by Crippen LogP contribution is 2.09.